The largest absolute Gasteiger partial charge is 0.353 e. The normalized spacial score (nSPS) is 14.8. The molecule has 1 aromatic carbocycles. The number of hydrogen-bond acceptors (Lipinski definition) is 5. The van der Waals surface area contributed by atoms with Crippen molar-refractivity contribution in [3.05, 3.63) is 64.9 Å². The van der Waals surface area contributed by atoms with Gasteiger partial charge in [0.2, 0.25) is 0 Å². The van der Waals surface area contributed by atoms with Gasteiger partial charge in [-0.2, -0.15) is 5.10 Å². The first-order valence-corrected chi connectivity index (χ1v) is 9.64. The number of aromatic nitrogens is 4. The predicted octanol–water partition coefficient (Wildman–Crippen LogP) is 2.98. The Kier molecular flexibility index (Phi) is 5.25. The molecular formula is C20H21ClN6O. The molecule has 144 valence electrons. The summed E-state index contributed by atoms with van der Waals surface area (Å²) in [6.07, 6.45) is 2.73. The highest BCUT2D eigenvalue weighted by atomic mass is 35.5. The van der Waals surface area contributed by atoms with E-state index < -0.39 is 0 Å². The molecule has 1 fully saturated rings. The van der Waals surface area contributed by atoms with Gasteiger partial charge in [-0.3, -0.25) is 4.79 Å². The molecule has 0 saturated carbocycles. The summed E-state index contributed by atoms with van der Waals surface area (Å²) in [5.74, 6) is 1.51. The van der Waals surface area contributed by atoms with E-state index in [1.54, 1.807) is 28.9 Å². The van der Waals surface area contributed by atoms with E-state index in [4.69, 9.17) is 11.6 Å². The second-order valence-electron chi connectivity index (χ2n) is 6.79. The van der Waals surface area contributed by atoms with Crippen molar-refractivity contribution in [2.45, 2.75) is 13.3 Å². The fraction of sp³-hybridized carbons (Fsp3) is 0.300. The van der Waals surface area contributed by atoms with Gasteiger partial charge >= 0.3 is 0 Å². The molecular weight excluding hydrogens is 376 g/mol. The molecule has 1 aliphatic heterocycles. The third-order valence-electron chi connectivity index (χ3n) is 4.77. The van der Waals surface area contributed by atoms with Crippen molar-refractivity contribution >= 4 is 23.3 Å². The van der Waals surface area contributed by atoms with Gasteiger partial charge < -0.3 is 9.80 Å². The second-order valence-corrected chi connectivity index (χ2v) is 7.23. The summed E-state index contributed by atoms with van der Waals surface area (Å²) < 4.78 is 1.71. The van der Waals surface area contributed by atoms with Crippen LogP contribution in [0.3, 0.4) is 0 Å². The van der Waals surface area contributed by atoms with E-state index in [1.807, 2.05) is 36.2 Å². The molecule has 0 N–H and O–H groups in total. The number of nitrogens with zero attached hydrogens (tertiary/aromatic N) is 6. The van der Waals surface area contributed by atoms with Gasteiger partial charge in [0.05, 0.1) is 5.69 Å². The Labute approximate surface area is 168 Å². The molecule has 0 radical (unpaired) electrons. The molecule has 28 heavy (non-hydrogen) atoms. The molecule has 0 bridgehead atoms. The standard InChI is InChI=1S/C20H21ClN6O/c1-15-8-11-27(24-15)19-7-6-18(22-23-19)25-9-3-10-26(13-12-25)20(28)16-4-2-5-17(21)14-16/h2,4-8,11,14H,3,9-10,12-13H2,1H3. The van der Waals surface area contributed by atoms with Gasteiger partial charge in [0.1, 0.15) is 0 Å². The van der Waals surface area contributed by atoms with Crippen LogP contribution in [0, 0.1) is 6.92 Å². The Morgan fingerprint density at radius 1 is 1.00 bits per heavy atom. The topological polar surface area (TPSA) is 67.2 Å². The minimum absolute atomic E-state index is 0.0137. The van der Waals surface area contributed by atoms with Crippen LogP contribution in [0.2, 0.25) is 5.02 Å². The number of benzene rings is 1. The van der Waals surface area contributed by atoms with E-state index in [0.717, 1.165) is 24.5 Å². The smallest absolute Gasteiger partial charge is 0.253 e. The second kappa shape index (κ2) is 7.98. The number of anilines is 1. The maximum absolute atomic E-state index is 12.8. The van der Waals surface area contributed by atoms with E-state index >= 15 is 0 Å². The first-order chi connectivity index (χ1) is 13.6. The zero-order valence-corrected chi connectivity index (χ0v) is 16.4. The number of aryl methyl sites for hydroxylation is 1. The first-order valence-electron chi connectivity index (χ1n) is 9.26. The van der Waals surface area contributed by atoms with Gasteiger partial charge in [0.25, 0.3) is 5.91 Å². The summed E-state index contributed by atoms with van der Waals surface area (Å²) in [5.41, 5.74) is 1.56. The first kappa shape index (κ1) is 18.4. The molecule has 0 aliphatic carbocycles. The molecule has 7 nitrogen and oxygen atoms in total. The highest BCUT2D eigenvalue weighted by Gasteiger charge is 2.21. The van der Waals surface area contributed by atoms with Crippen LogP contribution in [-0.2, 0) is 0 Å². The lowest BCUT2D eigenvalue weighted by atomic mass is 10.2. The molecule has 1 amide bonds. The highest BCUT2D eigenvalue weighted by Crippen LogP contribution is 2.17. The molecule has 3 heterocycles. The fourth-order valence-corrected chi connectivity index (χ4v) is 3.50. The Hall–Kier alpha value is -2.93. The van der Waals surface area contributed by atoms with Gasteiger partial charge in [-0.05, 0) is 49.7 Å². The van der Waals surface area contributed by atoms with Gasteiger partial charge in [-0.15, -0.1) is 10.2 Å². The van der Waals surface area contributed by atoms with Crippen molar-refractivity contribution in [3.8, 4) is 5.82 Å². The van der Waals surface area contributed by atoms with Crippen LogP contribution in [0.25, 0.3) is 5.82 Å². The number of carbonyl (C=O) groups is 1. The third kappa shape index (κ3) is 3.99. The molecule has 4 rings (SSSR count). The lowest BCUT2D eigenvalue weighted by Gasteiger charge is -2.22. The van der Waals surface area contributed by atoms with Crippen molar-refractivity contribution in [2.75, 3.05) is 31.1 Å². The van der Waals surface area contributed by atoms with Gasteiger partial charge in [-0.1, -0.05) is 17.7 Å². The quantitative estimate of drug-likeness (QED) is 0.680. The summed E-state index contributed by atoms with van der Waals surface area (Å²) in [7, 11) is 0. The van der Waals surface area contributed by atoms with Crippen molar-refractivity contribution in [2.24, 2.45) is 0 Å². The van der Waals surface area contributed by atoms with Crippen LogP contribution in [0.5, 0.6) is 0 Å². The van der Waals surface area contributed by atoms with Crippen LogP contribution < -0.4 is 4.90 Å². The molecule has 0 atom stereocenters. The van der Waals surface area contributed by atoms with E-state index in [0.29, 0.717) is 36.0 Å². The van der Waals surface area contributed by atoms with Crippen molar-refractivity contribution in [1.29, 1.82) is 0 Å². The maximum Gasteiger partial charge on any atom is 0.253 e. The number of carbonyl (C=O) groups excluding carboxylic acids is 1. The van der Waals surface area contributed by atoms with E-state index in [1.165, 1.54) is 0 Å². The zero-order chi connectivity index (χ0) is 19.5. The van der Waals surface area contributed by atoms with Crippen molar-refractivity contribution < 1.29 is 4.79 Å². The number of halogens is 1. The molecule has 0 spiro atoms. The Balaban J connectivity index is 1.43. The van der Waals surface area contributed by atoms with Crippen LogP contribution in [0.4, 0.5) is 5.82 Å². The minimum Gasteiger partial charge on any atom is -0.353 e. The molecule has 1 aliphatic rings. The molecule has 1 saturated heterocycles. The number of amides is 1. The molecule has 8 heteroatoms. The average molecular weight is 397 g/mol. The summed E-state index contributed by atoms with van der Waals surface area (Å²) in [5, 5.41) is 13.6. The molecule has 2 aromatic heterocycles. The SMILES string of the molecule is Cc1ccn(-c2ccc(N3CCCN(C(=O)c4cccc(Cl)c4)CC3)nn2)n1. The van der Waals surface area contributed by atoms with E-state index in [9.17, 15) is 4.79 Å². The lowest BCUT2D eigenvalue weighted by Crippen LogP contribution is -2.35. The summed E-state index contributed by atoms with van der Waals surface area (Å²) in [4.78, 5) is 16.8. The summed E-state index contributed by atoms with van der Waals surface area (Å²) in [6, 6.07) is 12.9. The predicted molar refractivity (Wildman–Crippen MR) is 108 cm³/mol. The minimum atomic E-state index is 0.0137. The van der Waals surface area contributed by atoms with Gasteiger partial charge in [0.15, 0.2) is 11.6 Å². The van der Waals surface area contributed by atoms with Crippen LogP contribution in [0.1, 0.15) is 22.5 Å². The molecule has 0 unspecified atom stereocenters. The van der Waals surface area contributed by atoms with Crippen LogP contribution in [-0.4, -0.2) is 57.0 Å². The third-order valence-corrected chi connectivity index (χ3v) is 5.01. The fourth-order valence-electron chi connectivity index (χ4n) is 3.31. The average Bonchev–Trinajstić information content (AvgIpc) is 2.99. The van der Waals surface area contributed by atoms with Crippen molar-refractivity contribution in [3.63, 3.8) is 0 Å². The molecule has 3 aromatic rings. The van der Waals surface area contributed by atoms with Gasteiger partial charge in [-0.25, -0.2) is 4.68 Å². The summed E-state index contributed by atoms with van der Waals surface area (Å²) >= 11 is 6.02. The van der Waals surface area contributed by atoms with Crippen molar-refractivity contribution in [1.82, 2.24) is 24.9 Å². The lowest BCUT2D eigenvalue weighted by molar-refractivity contribution is 0.0767. The monoisotopic (exact) mass is 396 g/mol. The van der Waals surface area contributed by atoms with Crippen LogP contribution >= 0.6 is 11.6 Å². The van der Waals surface area contributed by atoms with E-state index in [2.05, 4.69) is 20.2 Å². The van der Waals surface area contributed by atoms with Gasteiger partial charge in [0, 0.05) is 43.0 Å². The zero-order valence-electron chi connectivity index (χ0n) is 15.6. The Bertz CT molecular complexity index is 971. The number of hydrogen-bond donors (Lipinski definition) is 0. The summed E-state index contributed by atoms with van der Waals surface area (Å²) in [6.45, 7) is 4.81. The number of rotatable bonds is 3. The Morgan fingerprint density at radius 3 is 2.54 bits per heavy atom. The maximum atomic E-state index is 12.8. The van der Waals surface area contributed by atoms with E-state index in [-0.39, 0.29) is 5.91 Å². The highest BCUT2D eigenvalue weighted by molar-refractivity contribution is 6.30. The van der Waals surface area contributed by atoms with Crippen LogP contribution in [0.15, 0.2) is 48.7 Å². The Morgan fingerprint density at radius 2 is 1.82 bits per heavy atom.